The third-order valence-corrected chi connectivity index (χ3v) is 3.99. The molecule has 0 saturated carbocycles. The number of carbonyl (C=O) groups is 1. The SMILES string of the molecule is CC#Cc1[nH]c2nc([C@H](CC)c3ccccc3)ncc2c1C(N)=O. The summed E-state index contributed by atoms with van der Waals surface area (Å²) in [6, 6.07) is 10.1. The Balaban J connectivity index is 2.14. The van der Waals surface area contributed by atoms with E-state index in [0.29, 0.717) is 28.1 Å². The predicted octanol–water partition coefficient (Wildman–Crippen LogP) is 2.97. The number of hydrogen-bond donors (Lipinski definition) is 2. The van der Waals surface area contributed by atoms with Gasteiger partial charge in [0.05, 0.1) is 10.9 Å². The number of carbonyl (C=O) groups excluding carboxylic acids is 1. The van der Waals surface area contributed by atoms with Gasteiger partial charge in [0.25, 0.3) is 5.91 Å². The number of benzene rings is 1. The summed E-state index contributed by atoms with van der Waals surface area (Å²) in [6.45, 7) is 3.80. The second-order valence-electron chi connectivity index (χ2n) is 5.48. The fourth-order valence-corrected chi connectivity index (χ4v) is 2.88. The fourth-order valence-electron chi connectivity index (χ4n) is 2.88. The van der Waals surface area contributed by atoms with E-state index in [2.05, 4.69) is 45.8 Å². The van der Waals surface area contributed by atoms with Gasteiger partial charge in [-0.05, 0) is 24.8 Å². The van der Waals surface area contributed by atoms with Gasteiger partial charge in [0.2, 0.25) is 0 Å². The molecule has 3 N–H and O–H groups in total. The molecule has 3 rings (SSSR count). The maximum Gasteiger partial charge on any atom is 0.252 e. The van der Waals surface area contributed by atoms with Gasteiger partial charge in [0.15, 0.2) is 0 Å². The van der Waals surface area contributed by atoms with Gasteiger partial charge in [0.1, 0.15) is 17.2 Å². The average molecular weight is 318 g/mol. The lowest BCUT2D eigenvalue weighted by atomic mass is 9.95. The van der Waals surface area contributed by atoms with E-state index in [1.807, 2.05) is 18.2 Å². The lowest BCUT2D eigenvalue weighted by molar-refractivity contribution is 0.100. The molecule has 3 aromatic rings. The molecular formula is C19H18N4O. The maximum absolute atomic E-state index is 11.7. The Morgan fingerprint density at radius 2 is 2.08 bits per heavy atom. The molecule has 0 spiro atoms. The molecule has 0 bridgehead atoms. The zero-order valence-electron chi connectivity index (χ0n) is 13.6. The Bertz CT molecular complexity index is 948. The minimum atomic E-state index is -0.537. The van der Waals surface area contributed by atoms with Crippen molar-refractivity contribution in [1.29, 1.82) is 0 Å². The summed E-state index contributed by atoms with van der Waals surface area (Å²) in [4.78, 5) is 23.9. The van der Waals surface area contributed by atoms with Crippen LogP contribution in [0, 0.1) is 11.8 Å². The van der Waals surface area contributed by atoms with E-state index in [-0.39, 0.29) is 5.92 Å². The molecule has 5 heteroatoms. The number of nitrogens with zero attached hydrogens (tertiary/aromatic N) is 2. The van der Waals surface area contributed by atoms with Gasteiger partial charge >= 0.3 is 0 Å². The Morgan fingerprint density at radius 1 is 1.33 bits per heavy atom. The number of nitrogens with two attached hydrogens (primary N) is 1. The van der Waals surface area contributed by atoms with Crippen LogP contribution in [0.25, 0.3) is 11.0 Å². The highest BCUT2D eigenvalue weighted by Gasteiger charge is 2.20. The van der Waals surface area contributed by atoms with Crippen LogP contribution in [0.2, 0.25) is 0 Å². The predicted molar refractivity (Wildman–Crippen MR) is 93.5 cm³/mol. The van der Waals surface area contributed by atoms with Gasteiger partial charge in [0, 0.05) is 12.1 Å². The molecule has 0 aliphatic rings. The van der Waals surface area contributed by atoms with Crippen molar-refractivity contribution in [3.05, 3.63) is 59.2 Å². The molecule has 1 aromatic carbocycles. The highest BCUT2D eigenvalue weighted by molar-refractivity contribution is 6.07. The van der Waals surface area contributed by atoms with Crippen LogP contribution in [0.4, 0.5) is 0 Å². The van der Waals surface area contributed by atoms with Crippen molar-refractivity contribution in [3.63, 3.8) is 0 Å². The van der Waals surface area contributed by atoms with Crippen LogP contribution in [-0.4, -0.2) is 20.9 Å². The molecule has 0 aliphatic carbocycles. The molecule has 2 aromatic heterocycles. The summed E-state index contributed by atoms with van der Waals surface area (Å²) >= 11 is 0. The van der Waals surface area contributed by atoms with E-state index in [4.69, 9.17) is 5.73 Å². The molecule has 0 saturated heterocycles. The van der Waals surface area contributed by atoms with Crippen LogP contribution in [0.5, 0.6) is 0 Å². The molecule has 0 unspecified atom stereocenters. The van der Waals surface area contributed by atoms with Gasteiger partial charge in [-0.15, -0.1) is 0 Å². The van der Waals surface area contributed by atoms with Crippen molar-refractivity contribution in [1.82, 2.24) is 15.0 Å². The first-order chi connectivity index (χ1) is 11.7. The van der Waals surface area contributed by atoms with Crippen molar-refractivity contribution in [2.75, 3.05) is 0 Å². The van der Waals surface area contributed by atoms with Crippen molar-refractivity contribution >= 4 is 16.9 Å². The van der Waals surface area contributed by atoms with E-state index in [1.165, 1.54) is 0 Å². The number of fused-ring (bicyclic) bond motifs is 1. The van der Waals surface area contributed by atoms with E-state index < -0.39 is 5.91 Å². The highest BCUT2D eigenvalue weighted by Crippen LogP contribution is 2.27. The monoisotopic (exact) mass is 318 g/mol. The van der Waals surface area contributed by atoms with Crippen LogP contribution < -0.4 is 5.73 Å². The normalized spacial score (nSPS) is 11.8. The fraction of sp³-hybridized carbons (Fsp3) is 0.211. The first kappa shape index (κ1) is 15.8. The van der Waals surface area contributed by atoms with Gasteiger partial charge in [-0.1, -0.05) is 43.2 Å². The zero-order valence-corrected chi connectivity index (χ0v) is 13.6. The Labute approximate surface area is 140 Å². The minimum absolute atomic E-state index is 0.0941. The topological polar surface area (TPSA) is 84.7 Å². The van der Waals surface area contributed by atoms with Crippen LogP contribution in [0.3, 0.4) is 0 Å². The summed E-state index contributed by atoms with van der Waals surface area (Å²) in [6.07, 6.45) is 2.53. The number of aromatic amines is 1. The quantitative estimate of drug-likeness (QED) is 0.725. The number of H-pyrrole nitrogens is 1. The van der Waals surface area contributed by atoms with E-state index in [0.717, 1.165) is 12.0 Å². The zero-order chi connectivity index (χ0) is 17.1. The Kier molecular flexibility index (Phi) is 4.30. The number of aromatic nitrogens is 3. The van der Waals surface area contributed by atoms with Crippen LogP contribution in [0.15, 0.2) is 36.5 Å². The average Bonchev–Trinajstić information content (AvgIpc) is 2.94. The second kappa shape index (κ2) is 6.55. The molecule has 2 heterocycles. The number of primary amides is 1. The summed E-state index contributed by atoms with van der Waals surface area (Å²) < 4.78 is 0. The molecule has 0 radical (unpaired) electrons. The molecule has 24 heavy (non-hydrogen) atoms. The number of amides is 1. The summed E-state index contributed by atoms with van der Waals surface area (Å²) in [7, 11) is 0. The lowest BCUT2D eigenvalue weighted by Crippen LogP contribution is -2.12. The van der Waals surface area contributed by atoms with Crippen molar-refractivity contribution in [2.45, 2.75) is 26.2 Å². The molecule has 5 nitrogen and oxygen atoms in total. The standard InChI is InChI=1S/C19H18N4O/c1-3-8-15-16(17(20)24)14-11-21-18(23-19(14)22-15)13(4-2)12-9-6-5-7-10-12/h5-7,9-11,13H,4H2,1-2H3,(H2,20,24)(H,21,22,23)/t13-/m1/s1. The number of rotatable bonds is 4. The van der Waals surface area contributed by atoms with E-state index in [1.54, 1.807) is 13.1 Å². The molecule has 0 fully saturated rings. The van der Waals surface area contributed by atoms with Crippen LogP contribution in [0.1, 0.15) is 53.6 Å². The van der Waals surface area contributed by atoms with Gasteiger partial charge in [-0.2, -0.15) is 0 Å². The first-order valence-electron chi connectivity index (χ1n) is 7.81. The smallest absolute Gasteiger partial charge is 0.252 e. The van der Waals surface area contributed by atoms with Crippen molar-refractivity contribution in [3.8, 4) is 11.8 Å². The lowest BCUT2D eigenvalue weighted by Gasteiger charge is -2.13. The minimum Gasteiger partial charge on any atom is -0.365 e. The molecular weight excluding hydrogens is 300 g/mol. The largest absolute Gasteiger partial charge is 0.365 e. The summed E-state index contributed by atoms with van der Waals surface area (Å²) in [5.41, 5.74) is 8.07. The van der Waals surface area contributed by atoms with Crippen LogP contribution in [-0.2, 0) is 0 Å². The van der Waals surface area contributed by atoms with Crippen LogP contribution >= 0.6 is 0 Å². The van der Waals surface area contributed by atoms with Gasteiger partial charge in [-0.25, -0.2) is 9.97 Å². The van der Waals surface area contributed by atoms with E-state index in [9.17, 15) is 4.79 Å². The molecule has 1 atom stereocenters. The Hall–Kier alpha value is -3.13. The third-order valence-electron chi connectivity index (χ3n) is 3.99. The highest BCUT2D eigenvalue weighted by atomic mass is 16.1. The molecule has 0 aliphatic heterocycles. The number of nitrogens with one attached hydrogen (secondary N) is 1. The second-order valence-corrected chi connectivity index (χ2v) is 5.48. The van der Waals surface area contributed by atoms with E-state index >= 15 is 0 Å². The third kappa shape index (κ3) is 2.74. The number of hydrogen-bond acceptors (Lipinski definition) is 3. The van der Waals surface area contributed by atoms with Crippen molar-refractivity contribution in [2.24, 2.45) is 5.73 Å². The van der Waals surface area contributed by atoms with Crippen molar-refractivity contribution < 1.29 is 4.79 Å². The Morgan fingerprint density at radius 3 is 2.71 bits per heavy atom. The summed E-state index contributed by atoms with van der Waals surface area (Å²) in [5, 5.41) is 0.604. The maximum atomic E-state index is 11.7. The summed E-state index contributed by atoms with van der Waals surface area (Å²) in [5.74, 6) is 5.91. The molecule has 120 valence electrons. The molecule has 1 amide bonds. The van der Waals surface area contributed by atoms with Gasteiger partial charge < -0.3 is 10.7 Å². The van der Waals surface area contributed by atoms with Gasteiger partial charge in [-0.3, -0.25) is 4.79 Å². The first-order valence-corrected chi connectivity index (χ1v) is 7.81.